The summed E-state index contributed by atoms with van der Waals surface area (Å²) >= 11 is 0. The van der Waals surface area contributed by atoms with Gasteiger partial charge in [0.15, 0.2) is 0 Å². The zero-order valence-electron chi connectivity index (χ0n) is 24.1. The van der Waals surface area contributed by atoms with Gasteiger partial charge < -0.3 is 10.0 Å². The Morgan fingerprint density at radius 2 is 1.47 bits per heavy atom. The molecule has 0 saturated carbocycles. The molecule has 1 heterocycles. The Labute approximate surface area is 222 Å². The Bertz CT molecular complexity index is 843. The fourth-order valence-corrected chi connectivity index (χ4v) is 106. The smallest absolute Gasteiger partial charge is 0.303 e. The molecule has 0 aromatic heterocycles. The molecule has 2 unspecified atom stereocenters. The van der Waals surface area contributed by atoms with Gasteiger partial charge in [-0.05, 0) is 17.9 Å². The van der Waals surface area contributed by atoms with Gasteiger partial charge in [-0.3, -0.25) is 14.4 Å². The van der Waals surface area contributed by atoms with Crippen LogP contribution in [-0.2, 0) is 21.0 Å². The second kappa shape index (κ2) is 12.2. The van der Waals surface area contributed by atoms with Crippen LogP contribution < -0.4 is 5.48 Å². The van der Waals surface area contributed by atoms with E-state index in [0.717, 1.165) is 12.1 Å². The van der Waals surface area contributed by atoms with E-state index in [1.807, 2.05) is 23.1 Å². The summed E-state index contributed by atoms with van der Waals surface area (Å²) < 4.78 is 0. The summed E-state index contributed by atoms with van der Waals surface area (Å²) in [6, 6.07) is 11.5. The summed E-state index contributed by atoms with van der Waals surface area (Å²) in [7, 11) is -4.34. The maximum Gasteiger partial charge on any atom is 0.303 e. The van der Waals surface area contributed by atoms with E-state index < -0.39 is 35.4 Å². The van der Waals surface area contributed by atoms with E-state index in [1.165, 1.54) is 6.04 Å². The van der Waals surface area contributed by atoms with Gasteiger partial charge in [0.1, 0.15) is 0 Å². The molecular formula is C26H50N2O4Si4. The monoisotopic (exact) mass is 566 g/mol. The van der Waals surface area contributed by atoms with E-state index in [2.05, 4.69) is 76.5 Å². The standard InChI is InChI=1S/C26H50N2O4Si4/c1-33(2,3)36(34(4,5)6,35(7,8)9)21-23-18-28(25(29)16-13-17-26(30)31)19-24(23)27-32-20-22-14-11-10-12-15-22/h10-12,14-15,23-24,27H,13,16-21H2,1-9H3,(H,30,31). The van der Waals surface area contributed by atoms with Crippen molar-refractivity contribution in [1.82, 2.24) is 10.4 Å². The molecule has 2 atom stereocenters. The van der Waals surface area contributed by atoms with Crippen LogP contribution in [0.15, 0.2) is 30.3 Å². The molecule has 10 heteroatoms. The van der Waals surface area contributed by atoms with Gasteiger partial charge in [0, 0.05) is 55.3 Å². The molecule has 1 amide bonds. The summed E-state index contributed by atoms with van der Waals surface area (Å²) in [4.78, 5) is 32.0. The molecule has 1 aromatic rings. The van der Waals surface area contributed by atoms with Gasteiger partial charge in [-0.15, -0.1) is 0 Å². The summed E-state index contributed by atoms with van der Waals surface area (Å²) in [6.07, 6.45) is 0.742. The van der Waals surface area contributed by atoms with Crippen molar-refractivity contribution >= 4 is 41.3 Å². The molecule has 1 aromatic carbocycles. The van der Waals surface area contributed by atoms with Crippen molar-refractivity contribution in [3.8, 4) is 0 Å². The highest BCUT2D eigenvalue weighted by Crippen LogP contribution is 2.43. The lowest BCUT2D eigenvalue weighted by molar-refractivity contribution is -0.137. The molecule has 1 aliphatic heterocycles. The third kappa shape index (κ3) is 7.50. The lowest BCUT2D eigenvalue weighted by Gasteiger charge is -2.59. The lowest BCUT2D eigenvalue weighted by Crippen LogP contribution is -2.83. The highest BCUT2D eigenvalue weighted by molar-refractivity contribution is 7.89. The van der Waals surface area contributed by atoms with Crippen molar-refractivity contribution in [3.63, 3.8) is 0 Å². The molecule has 36 heavy (non-hydrogen) atoms. The fourth-order valence-electron chi connectivity index (χ4n) is 7.46. The average molecular weight is 567 g/mol. The topological polar surface area (TPSA) is 78.9 Å². The number of nitrogens with zero attached hydrogens (tertiary/aromatic N) is 1. The number of benzene rings is 1. The van der Waals surface area contributed by atoms with Crippen LogP contribution in [0.2, 0.25) is 65.0 Å². The fraction of sp³-hybridized carbons (Fsp3) is 0.692. The Balaban J connectivity index is 2.30. The summed E-state index contributed by atoms with van der Waals surface area (Å²) in [5.41, 5.74) is 4.52. The number of nitrogens with one attached hydrogen (secondary N) is 1. The van der Waals surface area contributed by atoms with Crippen LogP contribution in [0.5, 0.6) is 0 Å². The number of rotatable bonds is 13. The number of likely N-dealkylation sites (tertiary alicyclic amines) is 1. The number of amides is 1. The van der Waals surface area contributed by atoms with E-state index in [0.29, 0.717) is 31.9 Å². The first-order chi connectivity index (χ1) is 16.5. The maximum absolute atomic E-state index is 13.1. The zero-order chi connectivity index (χ0) is 27.4. The normalized spacial score (nSPS) is 19.5. The minimum atomic E-state index is -1.61. The van der Waals surface area contributed by atoms with E-state index in [4.69, 9.17) is 9.94 Å². The second-order valence-corrected chi connectivity index (χ2v) is 55.1. The lowest BCUT2D eigenvalue weighted by atomic mass is 10.1. The van der Waals surface area contributed by atoms with Crippen molar-refractivity contribution in [2.75, 3.05) is 13.1 Å². The van der Waals surface area contributed by atoms with Crippen molar-refractivity contribution in [1.29, 1.82) is 0 Å². The third-order valence-corrected chi connectivity index (χ3v) is 82.5. The van der Waals surface area contributed by atoms with Crippen LogP contribution in [-0.4, -0.2) is 70.4 Å². The van der Waals surface area contributed by atoms with E-state index in [1.54, 1.807) is 0 Å². The predicted octanol–water partition coefficient (Wildman–Crippen LogP) is 5.49. The molecule has 0 bridgehead atoms. The van der Waals surface area contributed by atoms with E-state index in [9.17, 15) is 9.59 Å². The van der Waals surface area contributed by atoms with Crippen LogP contribution in [0.25, 0.3) is 0 Å². The van der Waals surface area contributed by atoms with Crippen molar-refractivity contribution < 1.29 is 19.5 Å². The molecule has 6 nitrogen and oxygen atoms in total. The van der Waals surface area contributed by atoms with Crippen LogP contribution in [0.3, 0.4) is 0 Å². The Morgan fingerprint density at radius 1 is 0.917 bits per heavy atom. The molecule has 204 valence electrons. The largest absolute Gasteiger partial charge is 0.481 e. The quantitative estimate of drug-likeness (QED) is 0.244. The second-order valence-electron chi connectivity index (χ2n) is 13.7. The zero-order valence-corrected chi connectivity index (χ0v) is 28.1. The number of aliphatic carboxylic acids is 1. The van der Waals surface area contributed by atoms with Crippen LogP contribution in [0.1, 0.15) is 24.8 Å². The van der Waals surface area contributed by atoms with Crippen LogP contribution in [0, 0.1) is 5.92 Å². The van der Waals surface area contributed by atoms with Crippen LogP contribution in [0.4, 0.5) is 0 Å². The summed E-state index contributed by atoms with van der Waals surface area (Å²) in [5.74, 6) is -0.386. The first kappa shape index (κ1) is 31.2. The van der Waals surface area contributed by atoms with Gasteiger partial charge in [-0.2, -0.15) is 5.48 Å². The Morgan fingerprint density at radius 3 is 1.97 bits per heavy atom. The molecule has 1 saturated heterocycles. The van der Waals surface area contributed by atoms with Gasteiger partial charge in [-0.25, -0.2) is 0 Å². The van der Waals surface area contributed by atoms with Crippen molar-refractivity contribution in [3.05, 3.63) is 35.9 Å². The third-order valence-electron chi connectivity index (χ3n) is 8.30. The predicted molar refractivity (Wildman–Crippen MR) is 160 cm³/mol. The minimum absolute atomic E-state index is 0.0434. The first-order valence-electron chi connectivity index (χ1n) is 13.4. The highest BCUT2D eigenvalue weighted by atomic mass is 29.9. The maximum atomic E-state index is 13.1. The number of hydrogen-bond donors (Lipinski definition) is 2. The molecule has 0 radical (unpaired) electrons. The minimum Gasteiger partial charge on any atom is -0.481 e. The molecule has 1 aliphatic rings. The molecule has 2 N–H and O–H groups in total. The number of hydroxylamine groups is 1. The van der Waals surface area contributed by atoms with Gasteiger partial charge in [0.25, 0.3) is 0 Å². The van der Waals surface area contributed by atoms with Gasteiger partial charge in [0.05, 0.1) is 12.6 Å². The van der Waals surface area contributed by atoms with Gasteiger partial charge >= 0.3 is 5.97 Å². The Hall–Kier alpha value is -1.05. The van der Waals surface area contributed by atoms with E-state index in [-0.39, 0.29) is 18.4 Å². The summed E-state index contributed by atoms with van der Waals surface area (Å²) in [5, 5.41) is 8.99. The van der Waals surface area contributed by atoms with Gasteiger partial charge in [0.2, 0.25) is 5.91 Å². The molecule has 2 rings (SSSR count). The molecule has 0 aliphatic carbocycles. The molecule has 1 fully saturated rings. The van der Waals surface area contributed by atoms with Crippen molar-refractivity contribution in [2.45, 2.75) is 96.9 Å². The number of carboxylic acids is 1. The molecule has 0 spiro atoms. The number of carboxylic acid groups (broad SMARTS) is 1. The number of carbonyl (C=O) groups is 2. The van der Waals surface area contributed by atoms with Gasteiger partial charge in [-0.1, -0.05) is 95.3 Å². The SMILES string of the molecule is C[Si](C)(C)[Si](CC1CN(C(=O)CCCC(=O)O)CC1NOCc1ccccc1)([Si](C)(C)C)[Si](C)(C)C. The average Bonchev–Trinajstić information content (AvgIpc) is 3.12. The summed E-state index contributed by atoms with van der Waals surface area (Å²) in [6.45, 7) is 23.9. The Kier molecular flexibility index (Phi) is 10.6. The van der Waals surface area contributed by atoms with Crippen molar-refractivity contribution in [2.24, 2.45) is 5.92 Å². The van der Waals surface area contributed by atoms with Crippen LogP contribution >= 0.6 is 0 Å². The highest BCUT2D eigenvalue weighted by Gasteiger charge is 2.62. The number of carbonyl (C=O) groups excluding carboxylic acids is 1. The molecular weight excluding hydrogens is 517 g/mol. The van der Waals surface area contributed by atoms with E-state index >= 15 is 0 Å². The number of hydrogen-bond acceptors (Lipinski definition) is 4. The first-order valence-corrected chi connectivity index (χ1v) is 29.1.